The smallest absolute Gasteiger partial charge is 0.228 e. The number of fused-ring (bicyclic) bond motifs is 1. The van der Waals surface area contributed by atoms with E-state index in [4.69, 9.17) is 0 Å². The first-order valence-electron chi connectivity index (χ1n) is 10.5. The van der Waals surface area contributed by atoms with Crippen LogP contribution in [-0.4, -0.2) is 37.2 Å². The van der Waals surface area contributed by atoms with Crippen molar-refractivity contribution in [1.29, 1.82) is 0 Å². The van der Waals surface area contributed by atoms with E-state index in [9.17, 15) is 9.59 Å². The second kappa shape index (κ2) is 8.63. The van der Waals surface area contributed by atoms with Crippen molar-refractivity contribution in [3.63, 3.8) is 0 Å². The fourth-order valence-corrected chi connectivity index (χ4v) is 4.77. The van der Waals surface area contributed by atoms with Gasteiger partial charge in [0.05, 0.1) is 17.9 Å². The molecule has 164 valence electrons. The summed E-state index contributed by atoms with van der Waals surface area (Å²) in [5, 5.41) is 12.3. The van der Waals surface area contributed by atoms with Crippen LogP contribution in [0.5, 0.6) is 0 Å². The van der Waals surface area contributed by atoms with Gasteiger partial charge >= 0.3 is 0 Å². The molecule has 0 saturated carbocycles. The molecule has 3 heterocycles. The van der Waals surface area contributed by atoms with Gasteiger partial charge in [0.2, 0.25) is 5.91 Å². The number of amides is 1. The molecule has 2 aromatic carbocycles. The number of anilines is 1. The van der Waals surface area contributed by atoms with Crippen molar-refractivity contribution in [3.8, 4) is 17.1 Å². The molecule has 1 aliphatic heterocycles. The molecule has 0 unspecified atom stereocenters. The lowest BCUT2D eigenvalue weighted by atomic mass is 10.1. The molecule has 0 fully saturated rings. The van der Waals surface area contributed by atoms with Gasteiger partial charge in [0.1, 0.15) is 0 Å². The largest absolute Gasteiger partial charge is 0.326 e. The highest BCUT2D eigenvalue weighted by molar-refractivity contribution is 7.99. The predicted molar refractivity (Wildman–Crippen MR) is 128 cm³/mol. The molecule has 0 saturated heterocycles. The summed E-state index contributed by atoms with van der Waals surface area (Å²) in [7, 11) is 0. The molecular formula is C25H21N5O2S. The van der Waals surface area contributed by atoms with Crippen molar-refractivity contribution in [2.75, 3.05) is 11.1 Å². The quantitative estimate of drug-likeness (QED) is 0.342. The fourth-order valence-electron chi connectivity index (χ4n) is 3.94. The predicted octanol–water partition coefficient (Wildman–Crippen LogP) is 4.42. The van der Waals surface area contributed by atoms with Gasteiger partial charge < -0.3 is 5.32 Å². The number of ketones is 1. The second-order valence-corrected chi connectivity index (χ2v) is 8.92. The van der Waals surface area contributed by atoms with Gasteiger partial charge in [0, 0.05) is 29.2 Å². The summed E-state index contributed by atoms with van der Waals surface area (Å²) in [6.45, 7) is 4.10. The summed E-state index contributed by atoms with van der Waals surface area (Å²) in [4.78, 5) is 28.8. The zero-order valence-electron chi connectivity index (χ0n) is 18.2. The number of aryl methyl sites for hydroxylation is 2. The van der Waals surface area contributed by atoms with Crippen LogP contribution in [0.25, 0.3) is 17.1 Å². The third-order valence-electron chi connectivity index (χ3n) is 5.53. The topological polar surface area (TPSA) is 89.8 Å². The Morgan fingerprint density at radius 1 is 1.12 bits per heavy atom. The molecule has 5 rings (SSSR count). The van der Waals surface area contributed by atoms with Crippen LogP contribution in [0.1, 0.15) is 27.0 Å². The van der Waals surface area contributed by atoms with Crippen molar-refractivity contribution >= 4 is 29.1 Å². The number of hydrogen-bond donors (Lipinski definition) is 1. The zero-order chi connectivity index (χ0) is 22.9. The van der Waals surface area contributed by atoms with E-state index in [0.717, 1.165) is 28.1 Å². The first-order chi connectivity index (χ1) is 16.0. The number of pyridine rings is 1. The molecule has 1 amide bonds. The van der Waals surface area contributed by atoms with E-state index in [0.29, 0.717) is 23.0 Å². The Labute approximate surface area is 195 Å². The first-order valence-corrected chi connectivity index (χ1v) is 11.5. The van der Waals surface area contributed by atoms with Gasteiger partial charge in [-0.2, -0.15) is 0 Å². The molecule has 2 aromatic heterocycles. The van der Waals surface area contributed by atoms with Crippen molar-refractivity contribution in [3.05, 3.63) is 83.2 Å². The van der Waals surface area contributed by atoms with Gasteiger partial charge in [-0.1, -0.05) is 29.5 Å². The lowest BCUT2D eigenvalue weighted by Crippen LogP contribution is -2.06. The Morgan fingerprint density at radius 2 is 2.00 bits per heavy atom. The molecule has 0 bridgehead atoms. The molecular weight excluding hydrogens is 434 g/mol. The molecule has 0 aliphatic carbocycles. The number of nitrogens with zero attached hydrogens (tertiary/aromatic N) is 4. The summed E-state index contributed by atoms with van der Waals surface area (Å²) in [5.41, 5.74) is 6.28. The molecule has 0 radical (unpaired) electrons. The first kappa shape index (κ1) is 21.1. The van der Waals surface area contributed by atoms with Crippen LogP contribution in [-0.2, 0) is 11.2 Å². The number of aromatic nitrogens is 4. The van der Waals surface area contributed by atoms with E-state index >= 15 is 0 Å². The SMILES string of the molecule is Cc1ccc(-n2c(SCC(=O)c3ccc4c(c3)CC(=O)N4)nnc2-c2cccnc2)c(C)c1. The van der Waals surface area contributed by atoms with Crippen LogP contribution in [0.3, 0.4) is 0 Å². The van der Waals surface area contributed by atoms with E-state index in [1.54, 1.807) is 30.6 Å². The highest BCUT2D eigenvalue weighted by Crippen LogP contribution is 2.30. The van der Waals surface area contributed by atoms with E-state index < -0.39 is 0 Å². The molecule has 33 heavy (non-hydrogen) atoms. The average Bonchev–Trinajstić information content (AvgIpc) is 3.40. The van der Waals surface area contributed by atoms with Gasteiger partial charge in [-0.15, -0.1) is 10.2 Å². The monoisotopic (exact) mass is 455 g/mol. The standard InChI is InChI=1S/C25H21N5O2S/c1-15-5-8-21(16(2)10-15)30-24(18-4-3-9-26-13-18)28-29-25(30)33-14-22(31)17-6-7-20-19(11-17)12-23(32)27-20/h3-11,13H,12,14H2,1-2H3,(H,27,32). The summed E-state index contributed by atoms with van der Waals surface area (Å²) < 4.78 is 1.98. The summed E-state index contributed by atoms with van der Waals surface area (Å²) in [6.07, 6.45) is 3.78. The summed E-state index contributed by atoms with van der Waals surface area (Å²) in [5.74, 6) is 0.803. The number of Topliss-reactive ketones (excluding diaryl/α,β-unsaturated/α-hetero) is 1. The van der Waals surface area contributed by atoms with E-state index in [1.165, 1.54) is 17.3 Å². The van der Waals surface area contributed by atoms with E-state index in [-0.39, 0.29) is 17.4 Å². The second-order valence-electron chi connectivity index (χ2n) is 7.98. The molecule has 8 heteroatoms. The number of nitrogens with one attached hydrogen (secondary N) is 1. The molecule has 0 atom stereocenters. The minimum Gasteiger partial charge on any atom is -0.326 e. The lowest BCUT2D eigenvalue weighted by Gasteiger charge is -2.13. The Hall–Kier alpha value is -3.78. The maximum atomic E-state index is 12.9. The van der Waals surface area contributed by atoms with Gasteiger partial charge in [0.15, 0.2) is 16.8 Å². The van der Waals surface area contributed by atoms with Gasteiger partial charge in [-0.3, -0.25) is 19.1 Å². The van der Waals surface area contributed by atoms with Crippen LogP contribution >= 0.6 is 11.8 Å². The number of carbonyl (C=O) groups is 2. The molecule has 1 N–H and O–H groups in total. The van der Waals surface area contributed by atoms with E-state index in [1.807, 2.05) is 22.8 Å². The number of carbonyl (C=O) groups excluding carboxylic acids is 2. The van der Waals surface area contributed by atoms with Crippen LogP contribution in [0.4, 0.5) is 5.69 Å². The molecule has 7 nitrogen and oxygen atoms in total. The number of thioether (sulfide) groups is 1. The van der Waals surface area contributed by atoms with Crippen LogP contribution in [0.15, 0.2) is 66.1 Å². The third-order valence-corrected chi connectivity index (χ3v) is 6.46. The normalized spacial score (nSPS) is 12.5. The van der Waals surface area contributed by atoms with Gasteiger partial charge in [-0.05, 0) is 61.4 Å². The highest BCUT2D eigenvalue weighted by Gasteiger charge is 2.21. The fraction of sp³-hybridized carbons (Fsp3) is 0.160. The Kier molecular flexibility index (Phi) is 5.51. The van der Waals surface area contributed by atoms with Crippen molar-refractivity contribution in [2.24, 2.45) is 0 Å². The van der Waals surface area contributed by atoms with E-state index in [2.05, 4.69) is 46.5 Å². The number of benzene rings is 2. The van der Waals surface area contributed by atoms with Crippen molar-refractivity contribution < 1.29 is 9.59 Å². The average molecular weight is 456 g/mol. The van der Waals surface area contributed by atoms with Crippen molar-refractivity contribution in [1.82, 2.24) is 19.7 Å². The Balaban J connectivity index is 1.46. The Morgan fingerprint density at radius 3 is 2.79 bits per heavy atom. The lowest BCUT2D eigenvalue weighted by molar-refractivity contribution is -0.115. The highest BCUT2D eigenvalue weighted by atomic mass is 32.2. The molecule has 4 aromatic rings. The van der Waals surface area contributed by atoms with Crippen LogP contribution in [0, 0.1) is 13.8 Å². The van der Waals surface area contributed by atoms with Crippen LogP contribution in [0.2, 0.25) is 0 Å². The molecule has 0 spiro atoms. The molecule has 1 aliphatic rings. The minimum atomic E-state index is -0.0477. The van der Waals surface area contributed by atoms with Gasteiger partial charge in [-0.25, -0.2) is 0 Å². The maximum Gasteiger partial charge on any atom is 0.228 e. The number of hydrogen-bond acceptors (Lipinski definition) is 6. The summed E-state index contributed by atoms with van der Waals surface area (Å²) >= 11 is 1.34. The maximum absolute atomic E-state index is 12.9. The Bertz CT molecular complexity index is 1380. The zero-order valence-corrected chi connectivity index (χ0v) is 19.0. The minimum absolute atomic E-state index is 0.0275. The summed E-state index contributed by atoms with van der Waals surface area (Å²) in [6, 6.07) is 15.4. The van der Waals surface area contributed by atoms with Crippen molar-refractivity contribution in [2.45, 2.75) is 25.4 Å². The van der Waals surface area contributed by atoms with Gasteiger partial charge in [0.25, 0.3) is 0 Å². The van der Waals surface area contributed by atoms with Crippen LogP contribution < -0.4 is 5.32 Å². The number of rotatable bonds is 6. The third kappa shape index (κ3) is 4.17.